The number of para-hydroxylation sites is 2. The molecule has 0 bridgehead atoms. The fraction of sp³-hybridized carbons (Fsp3) is 0. The van der Waals surface area contributed by atoms with Crippen molar-refractivity contribution in [2.75, 3.05) is 0 Å². The van der Waals surface area contributed by atoms with Crippen molar-refractivity contribution in [1.82, 2.24) is 0 Å². The molecule has 170 valence electrons. The quantitative estimate of drug-likeness (QED) is 0.0995. The molecule has 1 N–H and O–H groups in total. The molecule has 1 unspecified atom stereocenters. The number of fused-ring (bicyclic) bond motifs is 2. The van der Waals surface area contributed by atoms with Crippen molar-refractivity contribution in [2.45, 2.75) is 0 Å². The zero-order valence-corrected chi connectivity index (χ0v) is 23.5. The normalized spacial score (nSPS) is 14.0. The monoisotopic (exact) mass is 704 g/mol. The molecule has 0 spiro atoms. The molecule has 0 amide bonds. The van der Waals surface area contributed by atoms with Gasteiger partial charge in [0.2, 0.25) is 0 Å². The molecule has 1 aliphatic heterocycles. The summed E-state index contributed by atoms with van der Waals surface area (Å²) >= 11 is 0. The molecule has 5 nitrogen and oxygen atoms in total. The summed E-state index contributed by atoms with van der Waals surface area (Å²) in [6, 6.07) is 34.9. The number of ether oxygens (including phenoxy) is 1. The Kier molecular flexibility index (Phi) is 8.01. The first-order valence-electron chi connectivity index (χ1n) is 10.5. The number of hydrogen-bond acceptors (Lipinski definition) is 4. The van der Waals surface area contributed by atoms with Gasteiger partial charge in [0.15, 0.2) is 0 Å². The van der Waals surface area contributed by atoms with E-state index >= 15 is 0 Å². The summed E-state index contributed by atoms with van der Waals surface area (Å²) in [5.74, 6) is 1.41. The summed E-state index contributed by atoms with van der Waals surface area (Å²) in [5.41, 5.74) is 2.42. The Morgan fingerprint density at radius 2 is 1.54 bits per heavy atom. The molecule has 0 fully saturated rings. The Morgan fingerprint density at radius 1 is 0.857 bits per heavy atom. The Morgan fingerprint density at radius 3 is 2.29 bits per heavy atom. The van der Waals surface area contributed by atoms with Gasteiger partial charge in [0, 0.05) is 11.3 Å². The van der Waals surface area contributed by atoms with Crippen LogP contribution in [0.3, 0.4) is 0 Å². The van der Waals surface area contributed by atoms with E-state index < -0.39 is 7.82 Å². The largest absolute Gasteiger partial charge is 2.00 e. The number of phosphoric acid groups is 1. The van der Waals surface area contributed by atoms with Gasteiger partial charge in [-0.2, -0.15) is 5.56 Å². The van der Waals surface area contributed by atoms with Gasteiger partial charge in [0.1, 0.15) is 17.3 Å². The second-order valence-corrected chi connectivity index (χ2v) is 8.70. The summed E-state index contributed by atoms with van der Waals surface area (Å²) in [6.07, 6.45) is 3.28. The standard InChI is InChI=1S/C28H19O5P.U/c29-34(30,32-27(22-13-5-2-6-14-22)19-21-11-3-1-4-12-21)33-28-20-23-15-7-9-17-25(23)31-26-18-10-8-16-24(26)28;/h1-11,13,15-20H,(H,29,30);/q-2;+2. The van der Waals surface area contributed by atoms with Crippen LogP contribution in [0.4, 0.5) is 0 Å². The zero-order valence-electron chi connectivity index (χ0n) is 18.4. The third-order valence-electron chi connectivity index (χ3n) is 5.00. The van der Waals surface area contributed by atoms with Crippen LogP contribution in [-0.2, 0) is 13.6 Å². The van der Waals surface area contributed by atoms with Crippen LogP contribution >= 0.6 is 7.82 Å². The van der Waals surface area contributed by atoms with Gasteiger partial charge in [-0.1, -0.05) is 30.3 Å². The molecule has 1 aliphatic rings. The minimum atomic E-state index is -4.63. The second kappa shape index (κ2) is 11.2. The van der Waals surface area contributed by atoms with E-state index in [0.29, 0.717) is 33.8 Å². The van der Waals surface area contributed by atoms with Crippen molar-refractivity contribution >= 4 is 31.5 Å². The summed E-state index contributed by atoms with van der Waals surface area (Å²) in [4.78, 5) is 10.8. The number of hydrogen-bond donors (Lipinski definition) is 1. The van der Waals surface area contributed by atoms with Gasteiger partial charge in [-0.15, -0.1) is 72.3 Å². The average molecular weight is 704 g/mol. The Bertz CT molecular complexity index is 1420. The molecule has 0 saturated heterocycles. The third kappa shape index (κ3) is 6.17. The second-order valence-electron chi connectivity index (χ2n) is 7.40. The van der Waals surface area contributed by atoms with Crippen LogP contribution < -0.4 is 4.74 Å². The third-order valence-corrected chi connectivity index (χ3v) is 5.85. The van der Waals surface area contributed by atoms with E-state index in [4.69, 9.17) is 13.8 Å². The number of rotatable bonds is 6. The molecule has 4 aromatic carbocycles. The van der Waals surface area contributed by atoms with Crippen molar-refractivity contribution in [3.8, 4) is 11.5 Å². The minimum absolute atomic E-state index is 0. The van der Waals surface area contributed by atoms with Crippen LogP contribution in [-0.4, -0.2) is 4.89 Å². The van der Waals surface area contributed by atoms with Crippen molar-refractivity contribution in [1.29, 1.82) is 0 Å². The van der Waals surface area contributed by atoms with E-state index in [0.717, 1.165) is 0 Å². The van der Waals surface area contributed by atoms with Crippen LogP contribution in [0.25, 0.3) is 23.7 Å². The van der Waals surface area contributed by atoms with Crippen LogP contribution in [0.5, 0.6) is 11.5 Å². The molecule has 4 aromatic rings. The van der Waals surface area contributed by atoms with Crippen molar-refractivity contribution in [2.24, 2.45) is 0 Å². The maximum Gasteiger partial charge on any atom is 2.00 e. The molecule has 35 heavy (non-hydrogen) atoms. The molecule has 1 heterocycles. The summed E-state index contributed by atoms with van der Waals surface area (Å²) in [5, 5.41) is 0. The fourth-order valence-corrected chi connectivity index (χ4v) is 4.31. The van der Waals surface area contributed by atoms with E-state index in [-0.39, 0.29) is 42.6 Å². The van der Waals surface area contributed by atoms with Gasteiger partial charge < -0.3 is 13.8 Å². The van der Waals surface area contributed by atoms with E-state index in [1.165, 1.54) is 0 Å². The first kappa shape index (κ1) is 25.1. The maximum atomic E-state index is 13.3. The van der Waals surface area contributed by atoms with Crippen molar-refractivity contribution in [3.63, 3.8) is 0 Å². The molecule has 1 atom stereocenters. The molecule has 0 aromatic heterocycles. The van der Waals surface area contributed by atoms with Gasteiger partial charge >= 0.3 is 38.9 Å². The van der Waals surface area contributed by atoms with Gasteiger partial charge in [0.25, 0.3) is 0 Å². The van der Waals surface area contributed by atoms with Crippen molar-refractivity contribution < 1.29 is 54.4 Å². The smallest absolute Gasteiger partial charge is 0.456 e. The van der Waals surface area contributed by atoms with Gasteiger partial charge in [-0.05, 0) is 24.3 Å². The van der Waals surface area contributed by atoms with E-state index in [2.05, 4.69) is 12.1 Å². The van der Waals surface area contributed by atoms with Crippen LogP contribution in [0.2, 0.25) is 0 Å². The SMILES string of the molecule is O=P(O)(OC(=Cc1[c-]cccc1)c1[c-]cccc1)OC1=Cc2ccccc2Oc2ccccc21.[U+2]. The maximum absolute atomic E-state index is 13.3. The van der Waals surface area contributed by atoms with E-state index in [1.807, 2.05) is 48.5 Å². The molecule has 0 radical (unpaired) electrons. The Labute approximate surface area is 227 Å². The molecule has 5 rings (SSSR count). The Balaban J connectivity index is 0.00000289. The van der Waals surface area contributed by atoms with E-state index in [9.17, 15) is 9.46 Å². The summed E-state index contributed by atoms with van der Waals surface area (Å²) in [6.45, 7) is 0. The van der Waals surface area contributed by atoms with Gasteiger partial charge in [-0.3, -0.25) is 4.89 Å². The average Bonchev–Trinajstić information content (AvgIpc) is 3.01. The van der Waals surface area contributed by atoms with Crippen LogP contribution in [0.15, 0.2) is 97.1 Å². The topological polar surface area (TPSA) is 65.0 Å². The van der Waals surface area contributed by atoms with E-state index in [1.54, 1.807) is 60.7 Å². The predicted molar refractivity (Wildman–Crippen MR) is 131 cm³/mol. The number of benzene rings is 4. The van der Waals surface area contributed by atoms with Gasteiger partial charge in [-0.25, -0.2) is 4.57 Å². The van der Waals surface area contributed by atoms with Crippen LogP contribution in [0, 0.1) is 43.2 Å². The Hall–Kier alpha value is -3.00. The first-order chi connectivity index (χ1) is 16.6. The fourth-order valence-electron chi connectivity index (χ4n) is 3.47. The van der Waals surface area contributed by atoms with Gasteiger partial charge in [0.05, 0.1) is 5.56 Å². The zero-order chi connectivity index (χ0) is 23.4. The summed E-state index contributed by atoms with van der Waals surface area (Å²) < 4.78 is 30.5. The summed E-state index contributed by atoms with van der Waals surface area (Å²) in [7, 11) is -4.63. The molecule has 0 saturated carbocycles. The van der Waals surface area contributed by atoms with Crippen molar-refractivity contribution in [3.05, 3.63) is 131 Å². The minimum Gasteiger partial charge on any atom is -0.456 e. The number of phosphoric ester groups is 1. The van der Waals surface area contributed by atoms with Crippen LogP contribution in [0.1, 0.15) is 22.3 Å². The first-order valence-corrected chi connectivity index (χ1v) is 12.0. The molecule has 7 heteroatoms. The molecular weight excluding hydrogens is 685 g/mol. The molecule has 0 aliphatic carbocycles. The molecular formula is C28H19O5PU. The predicted octanol–water partition coefficient (Wildman–Crippen LogP) is 7.22.